The first-order valence-electron chi connectivity index (χ1n) is 9.72. The Morgan fingerprint density at radius 2 is 1.68 bits per heavy atom. The zero-order valence-corrected chi connectivity index (χ0v) is 18.4. The molecule has 0 aliphatic rings. The maximum Gasteiger partial charge on any atom is 0.316 e. The summed E-state index contributed by atoms with van der Waals surface area (Å²) in [7, 11) is 0. The van der Waals surface area contributed by atoms with Gasteiger partial charge < -0.3 is 4.74 Å². The summed E-state index contributed by atoms with van der Waals surface area (Å²) in [6.07, 6.45) is 0. The molecule has 31 heavy (non-hydrogen) atoms. The van der Waals surface area contributed by atoms with Crippen molar-refractivity contribution in [1.29, 1.82) is 0 Å². The van der Waals surface area contributed by atoms with Crippen LogP contribution in [-0.2, 0) is 16.1 Å². The number of para-hydroxylation sites is 1. The highest BCUT2D eigenvalue weighted by Crippen LogP contribution is 2.32. The summed E-state index contributed by atoms with van der Waals surface area (Å²) in [4.78, 5) is 12.3. The molecule has 0 spiro atoms. The van der Waals surface area contributed by atoms with E-state index in [4.69, 9.17) is 16.3 Å². The first kappa shape index (κ1) is 21.2. The number of hydrogen-bond acceptors (Lipinski definition) is 5. The molecule has 0 saturated carbocycles. The van der Waals surface area contributed by atoms with Gasteiger partial charge in [-0.15, -0.1) is 10.2 Å². The largest absolute Gasteiger partial charge is 0.460 e. The fraction of sp³-hybridized carbons (Fsp3) is 0.125. The summed E-state index contributed by atoms with van der Waals surface area (Å²) < 4.78 is 7.33. The van der Waals surface area contributed by atoms with E-state index in [1.807, 2.05) is 90.4 Å². The summed E-state index contributed by atoms with van der Waals surface area (Å²) in [5.41, 5.74) is 3.72. The third-order valence-electron chi connectivity index (χ3n) is 4.67. The van der Waals surface area contributed by atoms with Crippen LogP contribution in [0.5, 0.6) is 0 Å². The van der Waals surface area contributed by atoms with Crippen LogP contribution in [0.2, 0.25) is 5.02 Å². The summed E-state index contributed by atoms with van der Waals surface area (Å²) in [5.74, 6) is 0.437. The number of aromatic nitrogens is 3. The molecule has 0 aliphatic heterocycles. The van der Waals surface area contributed by atoms with Crippen LogP contribution in [0, 0.1) is 6.92 Å². The number of halogens is 1. The van der Waals surface area contributed by atoms with Crippen molar-refractivity contribution in [3.8, 4) is 17.1 Å². The molecule has 0 saturated heterocycles. The number of nitrogens with zero attached hydrogens (tertiary/aromatic N) is 3. The minimum atomic E-state index is -0.313. The lowest BCUT2D eigenvalue weighted by Crippen LogP contribution is -2.09. The molecule has 5 nitrogen and oxygen atoms in total. The van der Waals surface area contributed by atoms with Gasteiger partial charge in [-0.1, -0.05) is 84.0 Å². The quantitative estimate of drug-likeness (QED) is 0.266. The maximum absolute atomic E-state index is 12.3. The van der Waals surface area contributed by atoms with Gasteiger partial charge in [0.25, 0.3) is 0 Å². The van der Waals surface area contributed by atoms with Crippen molar-refractivity contribution in [2.75, 3.05) is 5.75 Å². The highest BCUT2D eigenvalue weighted by molar-refractivity contribution is 7.99. The molecule has 4 aromatic rings. The predicted octanol–water partition coefficient (Wildman–Crippen LogP) is 5.73. The van der Waals surface area contributed by atoms with Crippen LogP contribution in [0.25, 0.3) is 17.1 Å². The van der Waals surface area contributed by atoms with Gasteiger partial charge in [-0.05, 0) is 36.2 Å². The normalized spacial score (nSPS) is 10.8. The molecule has 0 fully saturated rings. The van der Waals surface area contributed by atoms with Gasteiger partial charge in [0.15, 0.2) is 11.0 Å². The number of hydrogen-bond donors (Lipinski definition) is 0. The highest BCUT2D eigenvalue weighted by atomic mass is 35.5. The molecular weight excluding hydrogens is 430 g/mol. The SMILES string of the molecule is Cc1ccccc1-n1c(SCC(=O)OCc2ccccc2)nnc1-c1ccccc1Cl. The van der Waals surface area contributed by atoms with Crippen molar-refractivity contribution in [3.05, 3.63) is 95.0 Å². The molecule has 0 N–H and O–H groups in total. The minimum absolute atomic E-state index is 0.124. The van der Waals surface area contributed by atoms with Crippen LogP contribution in [-0.4, -0.2) is 26.5 Å². The van der Waals surface area contributed by atoms with Crippen LogP contribution in [0.1, 0.15) is 11.1 Å². The van der Waals surface area contributed by atoms with Crippen molar-refractivity contribution in [3.63, 3.8) is 0 Å². The average molecular weight is 450 g/mol. The smallest absolute Gasteiger partial charge is 0.316 e. The van der Waals surface area contributed by atoms with E-state index in [0.29, 0.717) is 16.0 Å². The van der Waals surface area contributed by atoms with E-state index < -0.39 is 0 Å². The zero-order chi connectivity index (χ0) is 21.6. The summed E-state index contributed by atoms with van der Waals surface area (Å²) in [6.45, 7) is 2.27. The molecule has 1 aromatic heterocycles. The Balaban J connectivity index is 1.58. The average Bonchev–Trinajstić information content (AvgIpc) is 3.21. The van der Waals surface area contributed by atoms with E-state index in [9.17, 15) is 4.79 Å². The Morgan fingerprint density at radius 1 is 0.968 bits per heavy atom. The van der Waals surface area contributed by atoms with Gasteiger partial charge in [-0.2, -0.15) is 0 Å². The fourth-order valence-corrected chi connectivity index (χ4v) is 4.08. The van der Waals surface area contributed by atoms with Gasteiger partial charge >= 0.3 is 5.97 Å². The Kier molecular flexibility index (Phi) is 6.70. The van der Waals surface area contributed by atoms with Crippen molar-refractivity contribution in [1.82, 2.24) is 14.8 Å². The van der Waals surface area contributed by atoms with E-state index in [-0.39, 0.29) is 18.3 Å². The molecule has 0 amide bonds. The van der Waals surface area contributed by atoms with Crippen molar-refractivity contribution in [2.45, 2.75) is 18.7 Å². The number of benzene rings is 3. The lowest BCUT2D eigenvalue weighted by molar-refractivity contribution is -0.141. The number of aryl methyl sites for hydroxylation is 1. The summed E-state index contributed by atoms with van der Waals surface area (Å²) in [5, 5.41) is 9.93. The van der Waals surface area contributed by atoms with Gasteiger partial charge in [0, 0.05) is 5.56 Å². The second kappa shape index (κ2) is 9.81. The second-order valence-corrected chi connectivity index (χ2v) is 8.19. The molecule has 0 unspecified atom stereocenters. The second-order valence-electron chi connectivity index (χ2n) is 6.84. The number of esters is 1. The monoisotopic (exact) mass is 449 g/mol. The number of rotatable bonds is 7. The van der Waals surface area contributed by atoms with E-state index in [2.05, 4.69) is 10.2 Å². The molecule has 4 rings (SSSR count). The molecule has 0 bridgehead atoms. The van der Waals surface area contributed by atoms with Crippen molar-refractivity contribution >= 4 is 29.3 Å². The lowest BCUT2D eigenvalue weighted by Gasteiger charge is -2.13. The van der Waals surface area contributed by atoms with Crippen LogP contribution < -0.4 is 0 Å². The maximum atomic E-state index is 12.3. The first-order chi connectivity index (χ1) is 15.1. The standard InChI is InChI=1S/C24H20ClN3O2S/c1-17-9-5-8-14-21(17)28-23(19-12-6-7-13-20(19)25)26-27-24(28)31-16-22(29)30-15-18-10-3-2-4-11-18/h2-14H,15-16H2,1H3. The minimum Gasteiger partial charge on any atom is -0.460 e. The van der Waals surface area contributed by atoms with Gasteiger partial charge in [-0.3, -0.25) is 9.36 Å². The molecule has 3 aromatic carbocycles. The predicted molar refractivity (Wildman–Crippen MR) is 124 cm³/mol. The van der Waals surface area contributed by atoms with E-state index in [1.54, 1.807) is 0 Å². The van der Waals surface area contributed by atoms with Gasteiger partial charge in [-0.25, -0.2) is 0 Å². The molecule has 0 aliphatic carbocycles. The Bertz CT molecular complexity index is 1190. The first-order valence-corrected chi connectivity index (χ1v) is 11.1. The molecule has 1 heterocycles. The Labute approximate surface area is 190 Å². The summed E-state index contributed by atoms with van der Waals surface area (Å²) >= 11 is 7.72. The molecule has 156 valence electrons. The van der Waals surface area contributed by atoms with Gasteiger partial charge in [0.1, 0.15) is 6.61 Å². The Morgan fingerprint density at radius 3 is 2.45 bits per heavy atom. The van der Waals surface area contributed by atoms with E-state index in [0.717, 1.165) is 22.4 Å². The number of thioether (sulfide) groups is 1. The van der Waals surface area contributed by atoms with Crippen molar-refractivity contribution in [2.24, 2.45) is 0 Å². The molecule has 7 heteroatoms. The molecular formula is C24H20ClN3O2S. The van der Waals surface area contributed by atoms with Crippen LogP contribution >= 0.6 is 23.4 Å². The van der Waals surface area contributed by atoms with Gasteiger partial charge in [0.05, 0.1) is 16.5 Å². The highest BCUT2D eigenvalue weighted by Gasteiger charge is 2.20. The number of ether oxygens (including phenoxy) is 1. The molecule has 0 radical (unpaired) electrons. The van der Waals surface area contributed by atoms with Crippen LogP contribution in [0.4, 0.5) is 0 Å². The Hall–Kier alpha value is -3.09. The van der Waals surface area contributed by atoms with E-state index >= 15 is 0 Å². The number of carbonyl (C=O) groups is 1. The topological polar surface area (TPSA) is 57.0 Å². The van der Waals surface area contributed by atoms with E-state index in [1.165, 1.54) is 11.8 Å². The lowest BCUT2D eigenvalue weighted by atomic mass is 10.1. The third kappa shape index (κ3) is 4.98. The third-order valence-corrected chi connectivity index (χ3v) is 5.90. The zero-order valence-electron chi connectivity index (χ0n) is 16.9. The summed E-state index contributed by atoms with van der Waals surface area (Å²) in [6, 6.07) is 25.1. The van der Waals surface area contributed by atoms with Crippen LogP contribution in [0.15, 0.2) is 84.0 Å². The van der Waals surface area contributed by atoms with Gasteiger partial charge in [0.2, 0.25) is 0 Å². The fourth-order valence-electron chi connectivity index (χ4n) is 3.12. The number of carbonyl (C=O) groups excluding carboxylic acids is 1. The van der Waals surface area contributed by atoms with Crippen LogP contribution in [0.3, 0.4) is 0 Å². The van der Waals surface area contributed by atoms with Crippen molar-refractivity contribution < 1.29 is 9.53 Å². The molecule has 0 atom stereocenters.